The first-order valence-corrected chi connectivity index (χ1v) is 9.07. The molecular formula is C18H28N4O3. The minimum Gasteiger partial charge on any atom is -0.455 e. The van der Waals surface area contributed by atoms with Gasteiger partial charge in [-0.25, -0.2) is 0 Å². The number of hydrogen-bond donors (Lipinski definition) is 2. The molecule has 3 N–H and O–H groups in total. The summed E-state index contributed by atoms with van der Waals surface area (Å²) in [6.45, 7) is 5.50. The number of nitrogens with two attached hydrogens (primary N) is 1. The summed E-state index contributed by atoms with van der Waals surface area (Å²) < 4.78 is 5.78. The zero-order valence-electron chi connectivity index (χ0n) is 15.0. The van der Waals surface area contributed by atoms with Gasteiger partial charge in [0.25, 0.3) is 5.91 Å². The van der Waals surface area contributed by atoms with E-state index >= 15 is 0 Å². The quantitative estimate of drug-likeness (QED) is 0.840. The van der Waals surface area contributed by atoms with Crippen molar-refractivity contribution in [2.24, 2.45) is 11.7 Å². The molecule has 2 aliphatic rings. The maximum Gasteiger partial charge on any atom is 0.290 e. The molecule has 0 saturated carbocycles. The fourth-order valence-corrected chi connectivity index (χ4v) is 3.67. The van der Waals surface area contributed by atoms with E-state index in [-0.39, 0.29) is 23.6 Å². The molecule has 0 aliphatic carbocycles. The van der Waals surface area contributed by atoms with Crippen molar-refractivity contribution in [2.45, 2.75) is 44.8 Å². The van der Waals surface area contributed by atoms with Crippen LogP contribution in [0.4, 0.5) is 0 Å². The van der Waals surface area contributed by atoms with Crippen LogP contribution in [0.1, 0.15) is 42.5 Å². The third kappa shape index (κ3) is 4.04. The predicted octanol–water partition coefficient (Wildman–Crippen LogP) is 0.799. The predicted molar refractivity (Wildman–Crippen MR) is 93.9 cm³/mol. The number of likely N-dealkylation sites (N-methyl/N-ethyl adjacent to an activating group) is 1. The Hall–Kier alpha value is -1.86. The second kappa shape index (κ2) is 7.58. The third-order valence-electron chi connectivity index (χ3n) is 5.27. The number of amides is 2. The Bertz CT molecular complexity index is 622. The van der Waals surface area contributed by atoms with Crippen LogP contribution in [0.2, 0.25) is 0 Å². The van der Waals surface area contributed by atoms with E-state index in [1.54, 1.807) is 13.1 Å². The zero-order chi connectivity index (χ0) is 18.0. The molecule has 0 bridgehead atoms. The van der Waals surface area contributed by atoms with Gasteiger partial charge in [-0.3, -0.25) is 14.5 Å². The maximum atomic E-state index is 12.8. The van der Waals surface area contributed by atoms with Crippen molar-refractivity contribution in [3.05, 3.63) is 23.7 Å². The first-order chi connectivity index (χ1) is 12.0. The summed E-state index contributed by atoms with van der Waals surface area (Å²) >= 11 is 0. The molecule has 0 spiro atoms. The monoisotopic (exact) mass is 348 g/mol. The molecule has 2 aliphatic heterocycles. The van der Waals surface area contributed by atoms with Gasteiger partial charge in [0.05, 0.1) is 6.54 Å². The van der Waals surface area contributed by atoms with E-state index in [4.69, 9.17) is 10.2 Å². The average Bonchev–Trinajstić information content (AvgIpc) is 3.22. The Balaban J connectivity index is 1.65. The molecule has 2 atom stereocenters. The van der Waals surface area contributed by atoms with Crippen molar-refractivity contribution in [3.8, 4) is 0 Å². The molecule has 7 heteroatoms. The summed E-state index contributed by atoms with van der Waals surface area (Å²) in [6, 6.07) is 2.85. The van der Waals surface area contributed by atoms with Gasteiger partial charge in [0.2, 0.25) is 5.91 Å². The molecule has 0 unspecified atom stereocenters. The molecule has 1 aromatic heterocycles. The molecule has 7 nitrogen and oxygen atoms in total. The number of piperidine rings is 1. The Morgan fingerprint density at radius 2 is 2.04 bits per heavy atom. The van der Waals surface area contributed by atoms with E-state index in [0.29, 0.717) is 13.0 Å². The minimum atomic E-state index is -0.523. The van der Waals surface area contributed by atoms with Crippen LogP contribution in [0, 0.1) is 5.92 Å². The van der Waals surface area contributed by atoms with Gasteiger partial charge in [0.1, 0.15) is 11.8 Å². The first-order valence-electron chi connectivity index (χ1n) is 9.07. The summed E-state index contributed by atoms with van der Waals surface area (Å²) in [5, 5.41) is 2.60. The molecule has 0 aromatic carbocycles. The molecule has 0 radical (unpaired) electrons. The smallest absolute Gasteiger partial charge is 0.290 e. The van der Waals surface area contributed by atoms with E-state index in [2.05, 4.69) is 17.1 Å². The van der Waals surface area contributed by atoms with Crippen molar-refractivity contribution in [1.82, 2.24) is 15.1 Å². The summed E-state index contributed by atoms with van der Waals surface area (Å²) in [6.07, 6.45) is 2.88. The van der Waals surface area contributed by atoms with Crippen molar-refractivity contribution >= 4 is 11.8 Å². The van der Waals surface area contributed by atoms with Crippen LogP contribution in [0.25, 0.3) is 0 Å². The topological polar surface area (TPSA) is 91.8 Å². The summed E-state index contributed by atoms with van der Waals surface area (Å²) in [5.41, 5.74) is 5.95. The molecule has 2 saturated heterocycles. The van der Waals surface area contributed by atoms with Gasteiger partial charge in [0, 0.05) is 19.6 Å². The number of nitrogens with zero attached hydrogens (tertiary/aromatic N) is 2. The molecule has 2 amide bonds. The van der Waals surface area contributed by atoms with E-state index in [1.807, 2.05) is 6.07 Å². The normalized spacial score (nSPS) is 25.3. The van der Waals surface area contributed by atoms with Crippen molar-refractivity contribution in [2.75, 3.05) is 26.7 Å². The van der Waals surface area contributed by atoms with E-state index in [9.17, 15) is 9.59 Å². The van der Waals surface area contributed by atoms with Gasteiger partial charge in [0.15, 0.2) is 5.76 Å². The Kier molecular flexibility index (Phi) is 5.44. The van der Waals surface area contributed by atoms with E-state index in [1.165, 1.54) is 17.7 Å². The standard InChI is InChI=1S/C18H28N4O3/c1-12-5-7-21(8-6-12)11-14-3-4-16(25-14)18(24)22-10-13(19)9-15(22)17(23)20-2/h3-4,12-13,15H,5-11,19H2,1-2H3,(H,20,23)/t13-,15-/m0/s1. The third-order valence-corrected chi connectivity index (χ3v) is 5.27. The van der Waals surface area contributed by atoms with Gasteiger partial charge >= 0.3 is 0 Å². The highest BCUT2D eigenvalue weighted by atomic mass is 16.4. The van der Waals surface area contributed by atoms with Crippen LogP contribution in [0.3, 0.4) is 0 Å². The summed E-state index contributed by atoms with van der Waals surface area (Å²) in [4.78, 5) is 28.6. The number of carbonyl (C=O) groups is 2. The van der Waals surface area contributed by atoms with Crippen molar-refractivity contribution < 1.29 is 14.0 Å². The van der Waals surface area contributed by atoms with Crippen LogP contribution < -0.4 is 11.1 Å². The van der Waals surface area contributed by atoms with E-state index in [0.717, 1.165) is 31.3 Å². The van der Waals surface area contributed by atoms with Crippen LogP contribution in [0.15, 0.2) is 16.5 Å². The summed E-state index contributed by atoms with van der Waals surface area (Å²) in [5.74, 6) is 1.41. The van der Waals surface area contributed by atoms with Gasteiger partial charge in [-0.2, -0.15) is 0 Å². The molecule has 3 rings (SSSR count). The maximum absolute atomic E-state index is 12.8. The zero-order valence-corrected chi connectivity index (χ0v) is 15.0. The molecule has 3 heterocycles. The van der Waals surface area contributed by atoms with Crippen molar-refractivity contribution in [3.63, 3.8) is 0 Å². The highest BCUT2D eigenvalue weighted by Crippen LogP contribution is 2.23. The molecule has 138 valence electrons. The SMILES string of the molecule is CNC(=O)[C@@H]1C[C@H](N)CN1C(=O)c1ccc(CN2CCC(C)CC2)o1. The van der Waals surface area contributed by atoms with Crippen LogP contribution >= 0.6 is 0 Å². The lowest BCUT2D eigenvalue weighted by atomic mass is 9.99. The number of rotatable bonds is 4. The second-order valence-corrected chi connectivity index (χ2v) is 7.31. The lowest BCUT2D eigenvalue weighted by Crippen LogP contribution is -2.44. The Morgan fingerprint density at radius 1 is 1.32 bits per heavy atom. The first kappa shape index (κ1) is 17.9. The number of nitrogens with one attached hydrogen (secondary N) is 1. The lowest BCUT2D eigenvalue weighted by Gasteiger charge is -2.29. The van der Waals surface area contributed by atoms with Gasteiger partial charge in [-0.15, -0.1) is 0 Å². The van der Waals surface area contributed by atoms with Crippen LogP contribution in [0.5, 0.6) is 0 Å². The number of furan rings is 1. The van der Waals surface area contributed by atoms with Gasteiger partial charge in [-0.1, -0.05) is 6.92 Å². The highest BCUT2D eigenvalue weighted by Gasteiger charge is 2.39. The molecule has 25 heavy (non-hydrogen) atoms. The summed E-state index contributed by atoms with van der Waals surface area (Å²) in [7, 11) is 1.57. The van der Waals surface area contributed by atoms with Crippen LogP contribution in [-0.2, 0) is 11.3 Å². The average molecular weight is 348 g/mol. The Labute approximate surface area is 148 Å². The van der Waals surface area contributed by atoms with E-state index < -0.39 is 6.04 Å². The minimum absolute atomic E-state index is 0.184. The number of hydrogen-bond acceptors (Lipinski definition) is 5. The fourth-order valence-electron chi connectivity index (χ4n) is 3.67. The Morgan fingerprint density at radius 3 is 2.72 bits per heavy atom. The second-order valence-electron chi connectivity index (χ2n) is 7.31. The van der Waals surface area contributed by atoms with Crippen LogP contribution in [-0.4, -0.2) is 60.4 Å². The molecular weight excluding hydrogens is 320 g/mol. The lowest BCUT2D eigenvalue weighted by molar-refractivity contribution is -0.124. The number of likely N-dealkylation sites (tertiary alicyclic amines) is 2. The van der Waals surface area contributed by atoms with Gasteiger partial charge < -0.3 is 20.4 Å². The number of carbonyl (C=O) groups excluding carboxylic acids is 2. The van der Waals surface area contributed by atoms with Gasteiger partial charge in [-0.05, 0) is 50.4 Å². The largest absolute Gasteiger partial charge is 0.455 e. The highest BCUT2D eigenvalue weighted by molar-refractivity contribution is 5.96. The fraction of sp³-hybridized carbons (Fsp3) is 0.667. The molecule has 1 aromatic rings. The molecule has 2 fully saturated rings. The van der Waals surface area contributed by atoms with Crippen molar-refractivity contribution in [1.29, 1.82) is 0 Å².